The van der Waals surface area contributed by atoms with E-state index in [0.29, 0.717) is 16.0 Å². The Bertz CT molecular complexity index is 3070. The number of likely N-dealkylation sites (tertiary alicyclic amines) is 1. The Balaban J connectivity index is 1.13. The van der Waals surface area contributed by atoms with Crippen LogP contribution in [0.2, 0.25) is 0 Å². The number of carboxylic acid groups (broad SMARTS) is 1. The first-order chi connectivity index (χ1) is 39.1. The monoisotopic (exact) mass is 1160 g/mol. The highest BCUT2D eigenvalue weighted by Gasteiger charge is 2.45. The number of carboxylic acids is 1. The van der Waals surface area contributed by atoms with E-state index in [1.807, 2.05) is 0 Å². The van der Waals surface area contributed by atoms with Crippen LogP contribution in [0.5, 0.6) is 0 Å². The first-order valence-electron chi connectivity index (χ1n) is 27.0. The Kier molecular flexibility index (Phi) is 21.5. The Morgan fingerprint density at radius 3 is 2.17 bits per heavy atom. The Morgan fingerprint density at radius 2 is 1.55 bits per heavy atom. The fourth-order valence-corrected chi connectivity index (χ4v) is 10.0. The number of anilines is 1. The average Bonchev–Trinajstić information content (AvgIpc) is 4.31. The number of urea groups is 1. The van der Waals surface area contributed by atoms with E-state index in [1.54, 1.807) is 57.4 Å². The number of imidazole rings is 1. The van der Waals surface area contributed by atoms with Crippen molar-refractivity contribution in [3.05, 3.63) is 119 Å². The lowest BCUT2D eigenvalue weighted by Crippen LogP contribution is -2.55. The number of benzene rings is 3. The van der Waals surface area contributed by atoms with Gasteiger partial charge in [-0.05, 0) is 91.1 Å². The number of nitrogens with zero attached hydrogens (tertiary/aromatic N) is 5. The number of carbonyl (C=O) groups is 9. The lowest BCUT2D eigenvalue weighted by molar-refractivity contribution is -0.148. The molecule has 0 saturated carbocycles. The van der Waals surface area contributed by atoms with E-state index in [1.165, 1.54) is 48.4 Å². The molecule has 2 aliphatic rings. The number of ether oxygens (including phenoxy) is 1. The summed E-state index contributed by atoms with van der Waals surface area (Å²) in [5.41, 5.74) is 5.27. The van der Waals surface area contributed by atoms with Crippen molar-refractivity contribution in [1.29, 1.82) is 0 Å². The molecule has 0 radical (unpaired) electrons. The van der Waals surface area contributed by atoms with E-state index in [0.717, 1.165) is 35.3 Å². The number of ketones is 1. The van der Waals surface area contributed by atoms with Crippen LogP contribution in [-0.4, -0.2) is 138 Å². The number of amides is 8. The van der Waals surface area contributed by atoms with Gasteiger partial charge in [0, 0.05) is 80.5 Å². The number of alkyl halides is 1. The highest BCUT2D eigenvalue weighted by molar-refractivity contribution is 6.15. The van der Waals surface area contributed by atoms with Crippen molar-refractivity contribution >= 4 is 59.1 Å². The second-order valence-electron chi connectivity index (χ2n) is 22.1. The number of rotatable bonds is 26. The molecule has 7 N–H and O–H groups in total. The number of nitrogens with two attached hydrogens (primary N) is 1. The van der Waals surface area contributed by atoms with Crippen LogP contribution in [0.4, 0.5) is 32.8 Å². The molecule has 0 spiro atoms. The number of aliphatic hydroxyl groups excluding tert-OH is 1. The summed E-state index contributed by atoms with van der Waals surface area (Å²) in [6.45, 7) is 8.55. The molecule has 25 heteroatoms. The predicted molar refractivity (Wildman–Crippen MR) is 292 cm³/mol. The lowest BCUT2D eigenvalue weighted by atomic mass is 9.84. The van der Waals surface area contributed by atoms with Crippen molar-refractivity contribution in [3.8, 4) is 11.3 Å². The van der Waals surface area contributed by atoms with Crippen molar-refractivity contribution in [3.63, 3.8) is 0 Å². The molecule has 83 heavy (non-hydrogen) atoms. The summed E-state index contributed by atoms with van der Waals surface area (Å²) in [5.74, 6) is -10.5. The molecule has 1 aromatic heterocycles. The van der Waals surface area contributed by atoms with Crippen molar-refractivity contribution in [2.24, 2.45) is 28.9 Å². The number of nitrogens with one attached hydrogen (secondary N) is 3. The molecule has 1 fully saturated rings. The first-order valence-corrected chi connectivity index (χ1v) is 27.0. The van der Waals surface area contributed by atoms with Crippen LogP contribution in [0.15, 0.2) is 85.1 Å². The quantitative estimate of drug-likeness (QED) is 0.0233. The largest absolute Gasteiger partial charge is 0.481 e. The molecule has 3 aromatic carbocycles. The smallest absolute Gasteiger partial charge is 0.410 e. The minimum Gasteiger partial charge on any atom is -0.481 e. The molecule has 1 saturated heterocycles. The van der Waals surface area contributed by atoms with Gasteiger partial charge in [-0.25, -0.2) is 32.1 Å². The van der Waals surface area contributed by atoms with Gasteiger partial charge in [-0.2, -0.15) is 0 Å². The van der Waals surface area contributed by atoms with Crippen molar-refractivity contribution in [2.45, 2.75) is 117 Å². The maximum atomic E-state index is 16.2. The number of imide groups is 1. The van der Waals surface area contributed by atoms with E-state index in [-0.39, 0.29) is 68.4 Å². The summed E-state index contributed by atoms with van der Waals surface area (Å²) in [5, 5.41) is 27.8. The Hall–Kier alpha value is -8.48. The molecule has 6 rings (SSSR count). The number of aromatic nitrogens is 2. The highest BCUT2D eigenvalue weighted by Crippen LogP contribution is 2.41. The maximum absolute atomic E-state index is 16.2. The van der Waals surface area contributed by atoms with E-state index in [4.69, 9.17) is 15.5 Å². The molecule has 21 nitrogen and oxygen atoms in total. The van der Waals surface area contributed by atoms with E-state index in [9.17, 15) is 62.1 Å². The number of carbonyl (C=O) groups excluding carboxylic acids is 8. The molecular weight excluding hydrogens is 1090 g/mol. The second-order valence-corrected chi connectivity index (χ2v) is 22.1. The van der Waals surface area contributed by atoms with Crippen molar-refractivity contribution in [2.75, 3.05) is 31.5 Å². The molecule has 8 amide bonds. The standard InChI is InChI=1S/C58H69F4N9O12/c1-32(2)50(67-54(79)45(18-21-49(76)77)71-47(74)19-20-48(71)75)46(73)24-36(10-8-22-64-56(63)81)53(78)65-40-15-12-34(13-16-40)31-83-57(82)69-27-37(43(62)29-69)28-70(55(80)33(3)72)51(58(4,5)6)52-66-44(41-25-39(60)14-17-42(41)61)30-68(52)26-35-9-7-11-38(59)23-35/h7,9,11-17,19-20,23,25,30,32-33,36-37,43,45,50-51,72H,8,10,18,21-22,24,26-29,31H2,1-6H3,(H,65,78)(H,67,79)(H,76,77)(H3,63,64,81)/t33-,36+,37-,43-,45-,50-,51-/m0/s1. The number of Topliss-reactive ketones (excluding diaryl/α,β-unsaturated/α-hetero) is 1. The zero-order valence-corrected chi connectivity index (χ0v) is 46.8. The second kappa shape index (κ2) is 28.0. The van der Waals surface area contributed by atoms with Crippen LogP contribution in [0.3, 0.4) is 0 Å². The van der Waals surface area contributed by atoms with Crippen LogP contribution in [0.1, 0.15) is 96.6 Å². The summed E-state index contributed by atoms with van der Waals surface area (Å²) in [6.07, 6.45) is -2.01. The number of hydrogen-bond donors (Lipinski definition) is 6. The highest BCUT2D eigenvalue weighted by atomic mass is 19.1. The number of halogens is 4. The summed E-state index contributed by atoms with van der Waals surface area (Å²) in [6, 6.07) is 9.95. The molecule has 3 heterocycles. The van der Waals surface area contributed by atoms with Crippen LogP contribution in [0.25, 0.3) is 11.3 Å². The number of aliphatic hydroxyl groups is 1. The van der Waals surface area contributed by atoms with E-state index < -0.39 is 150 Å². The van der Waals surface area contributed by atoms with E-state index in [2.05, 4.69) is 16.0 Å². The number of primary amides is 1. The van der Waals surface area contributed by atoms with Gasteiger partial charge in [0.1, 0.15) is 48.2 Å². The van der Waals surface area contributed by atoms with Crippen molar-refractivity contribution in [1.82, 2.24) is 34.9 Å². The Labute approximate surface area is 476 Å². The SMILES string of the molecule is CC(C)[C@H](NC(=O)[C@H](CCC(=O)O)N1C(=O)C=CC1=O)C(=O)C[C@@H](CCCNC(N)=O)C(=O)Nc1ccc(COC(=O)N2C[C@@H](CN(C(=O)[C@H](C)O)[C@@H](c3nc(-c4cc(F)ccc4F)cn3Cc3cccc(F)c3)C(C)(C)C)[C@@H](F)C2)cc1. The van der Waals surface area contributed by atoms with Crippen LogP contribution in [0, 0.1) is 40.6 Å². The summed E-state index contributed by atoms with van der Waals surface area (Å²) < 4.78 is 67.6. The molecule has 4 aromatic rings. The molecule has 7 atom stereocenters. The normalized spacial score (nSPS) is 17.0. The third-order valence-corrected chi connectivity index (χ3v) is 14.2. The van der Waals surface area contributed by atoms with Gasteiger partial charge >= 0.3 is 18.1 Å². The third kappa shape index (κ3) is 17.0. The van der Waals surface area contributed by atoms with Crippen LogP contribution < -0.4 is 21.7 Å². The molecular formula is C58H69F4N9O12. The average molecular weight is 1160 g/mol. The summed E-state index contributed by atoms with van der Waals surface area (Å²) in [4.78, 5) is 125. The van der Waals surface area contributed by atoms with Gasteiger partial charge in [-0.1, -0.05) is 58.9 Å². The van der Waals surface area contributed by atoms with Crippen molar-refractivity contribution < 1.29 is 75.7 Å². The van der Waals surface area contributed by atoms with Crippen LogP contribution >= 0.6 is 0 Å². The number of hydrogen-bond acceptors (Lipinski definition) is 12. The minimum absolute atomic E-state index is 0.00591. The fraction of sp³-hybridized carbons (Fsp3) is 0.448. The van der Waals surface area contributed by atoms with Gasteiger partial charge in [0.15, 0.2) is 5.78 Å². The van der Waals surface area contributed by atoms with E-state index >= 15 is 8.78 Å². The van der Waals surface area contributed by atoms with Gasteiger partial charge in [0.2, 0.25) is 11.8 Å². The topological polar surface area (TPSA) is 293 Å². The zero-order chi connectivity index (χ0) is 61.0. The molecule has 0 bridgehead atoms. The summed E-state index contributed by atoms with van der Waals surface area (Å²) in [7, 11) is 0. The first kappa shape index (κ1) is 63.7. The molecule has 2 aliphatic heterocycles. The summed E-state index contributed by atoms with van der Waals surface area (Å²) >= 11 is 0. The van der Waals surface area contributed by atoms with Gasteiger partial charge in [0.25, 0.3) is 17.7 Å². The maximum Gasteiger partial charge on any atom is 0.410 e. The third-order valence-electron chi connectivity index (χ3n) is 14.2. The fourth-order valence-electron chi connectivity index (χ4n) is 10.0. The zero-order valence-electron chi connectivity index (χ0n) is 46.8. The van der Waals surface area contributed by atoms with Gasteiger partial charge < -0.3 is 51.0 Å². The molecule has 0 unspecified atom stereocenters. The van der Waals surface area contributed by atoms with Gasteiger partial charge in [-0.3, -0.25) is 38.5 Å². The lowest BCUT2D eigenvalue weighted by Gasteiger charge is -2.41. The minimum atomic E-state index is -1.69. The molecule has 446 valence electrons. The van der Waals surface area contributed by atoms with Gasteiger partial charge in [-0.15, -0.1) is 0 Å². The molecule has 0 aliphatic carbocycles. The Morgan fingerprint density at radius 1 is 0.880 bits per heavy atom. The number of aliphatic carboxylic acids is 1. The van der Waals surface area contributed by atoms with Gasteiger partial charge in [0.05, 0.1) is 24.3 Å². The van der Waals surface area contributed by atoms with Crippen LogP contribution in [-0.2, 0) is 51.5 Å². The predicted octanol–water partition coefficient (Wildman–Crippen LogP) is 6.18.